The summed E-state index contributed by atoms with van der Waals surface area (Å²) in [5.41, 5.74) is 3.31. The second-order valence-electron chi connectivity index (χ2n) is 5.12. The molecule has 3 rings (SSSR count). The van der Waals surface area contributed by atoms with Gasteiger partial charge in [0.1, 0.15) is 0 Å². The monoisotopic (exact) mass is 283 g/mol. The maximum Gasteiger partial charge on any atom is 0.255 e. The maximum absolute atomic E-state index is 12.7. The Morgan fingerprint density at radius 1 is 1.00 bits per heavy atom. The zero-order valence-electron chi connectivity index (χ0n) is 11.2. The average Bonchev–Trinajstić information content (AvgIpc) is 2.69. The van der Waals surface area contributed by atoms with Crippen molar-refractivity contribution in [2.45, 2.75) is 24.3 Å². The molecule has 0 radical (unpaired) electrons. The predicted octanol–water partition coefficient (Wildman–Crippen LogP) is 3.56. The Balaban J connectivity index is 1.88. The molecule has 3 heteroatoms. The fourth-order valence-electron chi connectivity index (χ4n) is 2.70. The molecule has 0 aliphatic carbocycles. The van der Waals surface area contributed by atoms with Gasteiger partial charge in [0, 0.05) is 18.0 Å². The molecule has 0 spiro atoms. The van der Waals surface area contributed by atoms with Crippen molar-refractivity contribution in [1.29, 1.82) is 0 Å². The van der Waals surface area contributed by atoms with Gasteiger partial charge in [0.05, 0.1) is 5.56 Å². The summed E-state index contributed by atoms with van der Waals surface area (Å²) < 4.78 is 0. The van der Waals surface area contributed by atoms with Crippen molar-refractivity contribution < 1.29 is 4.79 Å². The van der Waals surface area contributed by atoms with Crippen molar-refractivity contribution in [2.75, 3.05) is 6.54 Å². The number of carbonyl (C=O) groups is 1. The van der Waals surface area contributed by atoms with E-state index in [1.165, 1.54) is 11.1 Å². The Labute approximate surface area is 124 Å². The highest BCUT2D eigenvalue weighted by Crippen LogP contribution is 2.22. The molecule has 0 unspecified atom stereocenters. The van der Waals surface area contributed by atoms with E-state index in [1.54, 1.807) is 0 Å². The summed E-state index contributed by atoms with van der Waals surface area (Å²) in [5, 5.41) is 0. The lowest BCUT2D eigenvalue weighted by Crippen LogP contribution is -2.30. The number of hydrogen-bond acceptors (Lipinski definition) is 2. The first-order valence-corrected chi connectivity index (χ1v) is 7.34. The summed E-state index contributed by atoms with van der Waals surface area (Å²) in [6.07, 6.45) is 2.06. The van der Waals surface area contributed by atoms with Gasteiger partial charge < -0.3 is 4.90 Å². The third-order valence-electron chi connectivity index (χ3n) is 3.78. The quantitative estimate of drug-likeness (QED) is 0.793. The fourth-order valence-corrected chi connectivity index (χ4v) is 2.96. The van der Waals surface area contributed by atoms with E-state index in [2.05, 4.69) is 30.8 Å². The lowest BCUT2D eigenvalue weighted by Gasteiger charge is -2.21. The van der Waals surface area contributed by atoms with Gasteiger partial charge in [-0.15, -0.1) is 12.6 Å². The van der Waals surface area contributed by atoms with E-state index < -0.39 is 0 Å². The van der Waals surface area contributed by atoms with E-state index >= 15 is 0 Å². The summed E-state index contributed by atoms with van der Waals surface area (Å²) in [6, 6.07) is 15.9. The number of nitrogens with zero attached hydrogens (tertiary/aromatic N) is 1. The second kappa shape index (κ2) is 5.71. The van der Waals surface area contributed by atoms with Crippen LogP contribution in [-0.4, -0.2) is 17.4 Å². The second-order valence-corrected chi connectivity index (χ2v) is 5.60. The van der Waals surface area contributed by atoms with Crippen LogP contribution < -0.4 is 0 Å². The summed E-state index contributed by atoms with van der Waals surface area (Å²) in [6.45, 7) is 1.49. The number of amides is 1. The van der Waals surface area contributed by atoms with Crippen LogP contribution in [0.1, 0.15) is 27.9 Å². The van der Waals surface area contributed by atoms with E-state index in [0.29, 0.717) is 12.1 Å². The van der Waals surface area contributed by atoms with Crippen molar-refractivity contribution in [3.8, 4) is 0 Å². The van der Waals surface area contributed by atoms with Crippen LogP contribution in [0.2, 0.25) is 0 Å². The van der Waals surface area contributed by atoms with Crippen LogP contribution in [0, 0.1) is 0 Å². The molecule has 0 bridgehead atoms. The first kappa shape index (κ1) is 13.3. The minimum absolute atomic E-state index is 0.0762. The summed E-state index contributed by atoms with van der Waals surface area (Å²) in [4.78, 5) is 15.3. The van der Waals surface area contributed by atoms with Gasteiger partial charge in [-0.1, -0.05) is 36.4 Å². The Hall–Kier alpha value is -1.74. The van der Waals surface area contributed by atoms with Crippen LogP contribution in [0.5, 0.6) is 0 Å². The molecule has 1 amide bonds. The van der Waals surface area contributed by atoms with Crippen LogP contribution in [-0.2, 0) is 13.0 Å². The minimum Gasteiger partial charge on any atom is -0.334 e. The van der Waals surface area contributed by atoms with E-state index in [-0.39, 0.29) is 5.91 Å². The third-order valence-corrected chi connectivity index (χ3v) is 4.17. The molecule has 0 N–H and O–H groups in total. The van der Waals surface area contributed by atoms with Crippen LogP contribution in [0.3, 0.4) is 0 Å². The van der Waals surface area contributed by atoms with E-state index in [9.17, 15) is 4.79 Å². The molecule has 1 aliphatic heterocycles. The Kier molecular flexibility index (Phi) is 3.79. The molecule has 1 aliphatic rings. The van der Waals surface area contributed by atoms with E-state index in [0.717, 1.165) is 24.3 Å². The van der Waals surface area contributed by atoms with Gasteiger partial charge in [0.15, 0.2) is 0 Å². The summed E-state index contributed by atoms with van der Waals surface area (Å²) in [5.74, 6) is 0.0762. The van der Waals surface area contributed by atoms with Gasteiger partial charge in [-0.2, -0.15) is 0 Å². The highest BCUT2D eigenvalue weighted by atomic mass is 32.1. The van der Waals surface area contributed by atoms with Gasteiger partial charge in [-0.25, -0.2) is 0 Å². The highest BCUT2D eigenvalue weighted by molar-refractivity contribution is 7.80. The van der Waals surface area contributed by atoms with Crippen molar-refractivity contribution >= 4 is 18.5 Å². The standard InChI is InChI=1S/C17H17NOS/c19-17(15-9-3-4-10-16(15)20)18-11-5-8-13-6-1-2-7-14(13)12-18/h1-4,6-7,9-10,20H,5,8,11-12H2. The van der Waals surface area contributed by atoms with Gasteiger partial charge in [0.2, 0.25) is 0 Å². The lowest BCUT2D eigenvalue weighted by atomic mass is 10.0. The Bertz CT molecular complexity index is 638. The predicted molar refractivity (Wildman–Crippen MR) is 83.2 cm³/mol. The smallest absolute Gasteiger partial charge is 0.255 e. The number of carbonyl (C=O) groups excluding carboxylic acids is 1. The van der Waals surface area contributed by atoms with E-state index in [4.69, 9.17) is 0 Å². The fraction of sp³-hybridized carbons (Fsp3) is 0.235. The van der Waals surface area contributed by atoms with Gasteiger partial charge in [0.25, 0.3) is 5.91 Å². The molecule has 1 heterocycles. The third kappa shape index (κ3) is 2.59. The molecule has 2 nitrogen and oxygen atoms in total. The largest absolute Gasteiger partial charge is 0.334 e. The summed E-state index contributed by atoms with van der Waals surface area (Å²) >= 11 is 4.39. The molecular weight excluding hydrogens is 266 g/mol. The van der Waals surface area contributed by atoms with Crippen molar-refractivity contribution in [1.82, 2.24) is 4.90 Å². The Morgan fingerprint density at radius 3 is 2.50 bits per heavy atom. The molecule has 0 saturated carbocycles. The Morgan fingerprint density at radius 2 is 1.70 bits per heavy atom. The molecule has 0 fully saturated rings. The highest BCUT2D eigenvalue weighted by Gasteiger charge is 2.21. The number of rotatable bonds is 1. The first-order chi connectivity index (χ1) is 9.75. The normalized spacial score (nSPS) is 14.6. The molecule has 102 valence electrons. The maximum atomic E-state index is 12.7. The minimum atomic E-state index is 0.0762. The van der Waals surface area contributed by atoms with Crippen LogP contribution in [0.15, 0.2) is 53.4 Å². The topological polar surface area (TPSA) is 20.3 Å². The van der Waals surface area contributed by atoms with Crippen molar-refractivity contribution in [3.63, 3.8) is 0 Å². The zero-order valence-corrected chi connectivity index (χ0v) is 12.1. The molecule has 0 aromatic heterocycles. The van der Waals surface area contributed by atoms with Crippen molar-refractivity contribution in [3.05, 3.63) is 65.2 Å². The molecule has 2 aromatic carbocycles. The van der Waals surface area contributed by atoms with Crippen LogP contribution in [0.4, 0.5) is 0 Å². The number of fused-ring (bicyclic) bond motifs is 1. The van der Waals surface area contributed by atoms with Gasteiger partial charge in [-0.3, -0.25) is 4.79 Å². The van der Waals surface area contributed by atoms with Gasteiger partial charge >= 0.3 is 0 Å². The summed E-state index contributed by atoms with van der Waals surface area (Å²) in [7, 11) is 0. The molecule has 2 aromatic rings. The van der Waals surface area contributed by atoms with Gasteiger partial charge in [-0.05, 0) is 36.1 Å². The van der Waals surface area contributed by atoms with Crippen LogP contribution >= 0.6 is 12.6 Å². The van der Waals surface area contributed by atoms with E-state index in [1.807, 2.05) is 35.2 Å². The SMILES string of the molecule is O=C(c1ccccc1S)N1CCCc2ccccc2C1. The number of benzene rings is 2. The number of hydrogen-bond donors (Lipinski definition) is 1. The molecule has 0 saturated heterocycles. The molecule has 20 heavy (non-hydrogen) atoms. The number of thiol groups is 1. The average molecular weight is 283 g/mol. The first-order valence-electron chi connectivity index (χ1n) is 6.90. The lowest BCUT2D eigenvalue weighted by molar-refractivity contribution is 0.0742. The molecular formula is C17H17NOS. The van der Waals surface area contributed by atoms with Crippen molar-refractivity contribution in [2.24, 2.45) is 0 Å². The van der Waals surface area contributed by atoms with Crippen LogP contribution in [0.25, 0.3) is 0 Å². The molecule has 0 atom stereocenters. The number of aryl methyl sites for hydroxylation is 1. The zero-order chi connectivity index (χ0) is 13.9.